The van der Waals surface area contributed by atoms with Crippen LogP contribution in [0.15, 0.2) is 12.2 Å². The van der Waals surface area contributed by atoms with Gasteiger partial charge in [0.2, 0.25) is 0 Å². The second-order valence-electron chi connectivity index (χ2n) is 3.58. The maximum atomic E-state index is 11.4. The lowest BCUT2D eigenvalue weighted by atomic mass is 10.4. The summed E-state index contributed by atoms with van der Waals surface area (Å²) in [6.45, 7) is 4.62. The zero-order valence-electron chi connectivity index (χ0n) is 9.77. The van der Waals surface area contributed by atoms with Crippen LogP contribution in [-0.2, 0) is 19.1 Å². The summed E-state index contributed by atoms with van der Waals surface area (Å²) in [6, 6.07) is 0. The first-order chi connectivity index (χ1) is 8.09. The molecule has 1 atom stereocenters. The molecule has 0 aromatic heterocycles. The lowest BCUT2D eigenvalue weighted by molar-refractivity contribution is -0.157. The van der Waals surface area contributed by atoms with Crippen molar-refractivity contribution in [2.45, 2.75) is 18.8 Å². The molecule has 0 spiro atoms. The molecule has 6 heteroatoms. The van der Waals surface area contributed by atoms with Crippen LogP contribution in [-0.4, -0.2) is 41.2 Å². The second kappa shape index (κ2) is 7.66. The van der Waals surface area contributed by atoms with Gasteiger partial charge in [-0.15, -0.1) is 11.8 Å². The molecule has 0 saturated carbocycles. The number of hydrogen-bond donors (Lipinski definition) is 0. The van der Waals surface area contributed by atoms with Crippen molar-refractivity contribution in [1.82, 2.24) is 0 Å². The lowest BCUT2D eigenvalue weighted by Gasteiger charge is -2.14. The molecule has 96 valence electrons. The van der Waals surface area contributed by atoms with E-state index in [-0.39, 0.29) is 17.6 Å². The molecular weight excluding hydrogens is 260 g/mol. The van der Waals surface area contributed by atoms with Gasteiger partial charge in [0.05, 0.1) is 0 Å². The van der Waals surface area contributed by atoms with Crippen molar-refractivity contribution in [2.24, 2.45) is 0 Å². The highest BCUT2D eigenvalue weighted by Gasteiger charge is 2.18. The minimum absolute atomic E-state index is 0.126. The molecule has 1 heterocycles. The monoisotopic (exact) mass is 276 g/mol. The van der Waals surface area contributed by atoms with E-state index in [1.807, 2.05) is 0 Å². The van der Waals surface area contributed by atoms with Gasteiger partial charge in [-0.05, 0) is 24.9 Å². The zero-order chi connectivity index (χ0) is 12.7. The smallest absolute Gasteiger partial charge is 0.345 e. The fourth-order valence-electron chi connectivity index (χ4n) is 1.10. The molecule has 1 aliphatic heterocycles. The summed E-state index contributed by atoms with van der Waals surface area (Å²) >= 11 is 3.41. The average molecular weight is 276 g/mol. The highest BCUT2D eigenvalue weighted by molar-refractivity contribution is 8.03. The standard InChI is InChI=1S/C11H16O4S2/c1-8(2)11(13)14-6-9(12)15-10-7-16-4-3-5-17-10/h10H,1,3-7H2,2H3/t10-/m0/s1. The van der Waals surface area contributed by atoms with Crippen LogP contribution in [0.3, 0.4) is 0 Å². The van der Waals surface area contributed by atoms with Gasteiger partial charge >= 0.3 is 11.9 Å². The summed E-state index contributed by atoms with van der Waals surface area (Å²) in [5.74, 6) is 1.83. The van der Waals surface area contributed by atoms with Gasteiger partial charge in [0.15, 0.2) is 12.0 Å². The Hall–Kier alpha value is -0.620. The summed E-state index contributed by atoms with van der Waals surface area (Å²) < 4.78 is 9.91. The highest BCUT2D eigenvalue weighted by atomic mass is 32.2. The van der Waals surface area contributed by atoms with Gasteiger partial charge in [-0.3, -0.25) is 0 Å². The Morgan fingerprint density at radius 2 is 2.18 bits per heavy atom. The van der Waals surface area contributed by atoms with E-state index in [0.29, 0.717) is 0 Å². The molecule has 1 aliphatic rings. The van der Waals surface area contributed by atoms with Gasteiger partial charge < -0.3 is 9.47 Å². The van der Waals surface area contributed by atoms with E-state index in [0.717, 1.165) is 23.7 Å². The van der Waals surface area contributed by atoms with Gasteiger partial charge in [-0.25, -0.2) is 9.59 Å². The van der Waals surface area contributed by atoms with E-state index >= 15 is 0 Å². The molecule has 1 rings (SSSR count). The van der Waals surface area contributed by atoms with E-state index in [1.54, 1.807) is 23.5 Å². The maximum absolute atomic E-state index is 11.4. The summed E-state index contributed by atoms with van der Waals surface area (Å²) in [5.41, 5.74) is 0.149. The zero-order valence-corrected chi connectivity index (χ0v) is 11.4. The van der Waals surface area contributed by atoms with Crippen LogP contribution in [0.4, 0.5) is 0 Å². The van der Waals surface area contributed by atoms with Crippen molar-refractivity contribution in [2.75, 3.05) is 23.9 Å². The fourth-order valence-corrected chi connectivity index (χ4v) is 3.48. The minimum atomic E-state index is -0.565. The fraction of sp³-hybridized carbons (Fsp3) is 0.636. The Morgan fingerprint density at radius 1 is 1.41 bits per heavy atom. The van der Waals surface area contributed by atoms with Crippen LogP contribution in [0.5, 0.6) is 0 Å². The molecule has 0 N–H and O–H groups in total. The van der Waals surface area contributed by atoms with Crippen LogP contribution in [0.2, 0.25) is 0 Å². The molecule has 0 aromatic rings. The first-order valence-electron chi connectivity index (χ1n) is 5.31. The molecule has 0 amide bonds. The quantitative estimate of drug-likeness (QED) is 0.577. The molecule has 0 aliphatic carbocycles. The Bertz CT molecular complexity index is 296. The Balaban J connectivity index is 2.23. The summed E-state index contributed by atoms with van der Waals surface area (Å²) in [4.78, 5) is 22.5. The van der Waals surface area contributed by atoms with Crippen molar-refractivity contribution < 1.29 is 19.1 Å². The lowest BCUT2D eigenvalue weighted by Crippen LogP contribution is -2.22. The molecule has 17 heavy (non-hydrogen) atoms. The van der Waals surface area contributed by atoms with Gasteiger partial charge in [0, 0.05) is 11.3 Å². The molecule has 0 bridgehead atoms. The molecule has 0 radical (unpaired) electrons. The van der Waals surface area contributed by atoms with E-state index < -0.39 is 11.9 Å². The third-order valence-electron chi connectivity index (χ3n) is 1.92. The van der Waals surface area contributed by atoms with Crippen molar-refractivity contribution >= 4 is 35.5 Å². The molecule has 4 nitrogen and oxygen atoms in total. The second-order valence-corrected chi connectivity index (χ2v) is 5.99. The minimum Gasteiger partial charge on any atom is -0.450 e. The number of hydrogen-bond acceptors (Lipinski definition) is 6. The largest absolute Gasteiger partial charge is 0.450 e. The van der Waals surface area contributed by atoms with Crippen molar-refractivity contribution in [3.05, 3.63) is 12.2 Å². The summed E-state index contributed by atoms with van der Waals surface area (Å²) in [5, 5.41) is 0. The number of carbonyl (C=O) groups excluding carboxylic acids is 2. The number of carbonyl (C=O) groups is 2. The first-order valence-corrected chi connectivity index (χ1v) is 7.51. The average Bonchev–Trinajstić information content (AvgIpc) is 2.54. The van der Waals surface area contributed by atoms with E-state index in [9.17, 15) is 9.59 Å². The van der Waals surface area contributed by atoms with Crippen LogP contribution in [0.1, 0.15) is 13.3 Å². The predicted octanol–water partition coefficient (Wildman–Crippen LogP) is 1.85. The Labute approximate surface area is 109 Å². The van der Waals surface area contributed by atoms with E-state index in [1.165, 1.54) is 6.92 Å². The normalized spacial score (nSPS) is 20.2. The molecule has 0 aromatic carbocycles. The van der Waals surface area contributed by atoms with Crippen molar-refractivity contribution in [3.63, 3.8) is 0 Å². The van der Waals surface area contributed by atoms with Crippen molar-refractivity contribution in [3.8, 4) is 0 Å². The molecule has 0 unspecified atom stereocenters. The molecule has 1 saturated heterocycles. The molecular formula is C11H16O4S2. The number of thioether (sulfide) groups is 2. The number of rotatable bonds is 4. The number of esters is 2. The van der Waals surface area contributed by atoms with Crippen LogP contribution < -0.4 is 0 Å². The predicted molar refractivity (Wildman–Crippen MR) is 70.1 cm³/mol. The van der Waals surface area contributed by atoms with Gasteiger partial charge in [0.25, 0.3) is 0 Å². The van der Waals surface area contributed by atoms with Gasteiger partial charge in [-0.1, -0.05) is 6.58 Å². The van der Waals surface area contributed by atoms with Crippen molar-refractivity contribution in [1.29, 1.82) is 0 Å². The third-order valence-corrected chi connectivity index (χ3v) is 4.41. The van der Waals surface area contributed by atoms with Crippen LogP contribution >= 0.6 is 23.5 Å². The third kappa shape index (κ3) is 6.02. The summed E-state index contributed by atoms with van der Waals surface area (Å²) in [7, 11) is 0. The topological polar surface area (TPSA) is 52.6 Å². The van der Waals surface area contributed by atoms with Crippen LogP contribution in [0, 0.1) is 0 Å². The van der Waals surface area contributed by atoms with E-state index in [4.69, 9.17) is 9.47 Å². The van der Waals surface area contributed by atoms with Crippen LogP contribution in [0.25, 0.3) is 0 Å². The van der Waals surface area contributed by atoms with E-state index in [2.05, 4.69) is 6.58 Å². The Morgan fingerprint density at radius 3 is 2.88 bits per heavy atom. The maximum Gasteiger partial charge on any atom is 0.345 e. The summed E-state index contributed by atoms with van der Waals surface area (Å²) in [6.07, 6.45) is 1.13. The first kappa shape index (κ1) is 14.4. The van der Waals surface area contributed by atoms with Gasteiger partial charge in [-0.2, -0.15) is 11.8 Å². The SMILES string of the molecule is C=C(C)C(=O)OCC(=O)O[C@@H]1CSCCCS1. The molecule has 1 fully saturated rings. The highest BCUT2D eigenvalue weighted by Crippen LogP contribution is 2.24. The number of ether oxygens (including phenoxy) is 2. The van der Waals surface area contributed by atoms with Gasteiger partial charge in [0.1, 0.15) is 0 Å². The Kier molecular flexibility index (Phi) is 6.50.